The Hall–Kier alpha value is -3.31. The Bertz CT molecular complexity index is 968. The molecule has 2 aromatic rings. The van der Waals surface area contributed by atoms with E-state index >= 15 is 0 Å². The number of aryl methyl sites for hydroxylation is 1. The standard InChI is InChI=1S/C19H23F2N7O3/c1-11-23-25-28(24-11)13-3-5-26(6-4-13)18-16(20)7-14(8-17(18)21)27-10-15(31-19(27)30)9-22-12(2)29/h7-8,13,15H,3-6,9-10H2,1-2H3,(H,22,29). The lowest BCUT2D eigenvalue weighted by atomic mass is 10.0. The first-order valence-corrected chi connectivity index (χ1v) is 10.0. The van der Waals surface area contributed by atoms with E-state index in [0.29, 0.717) is 31.8 Å². The quantitative estimate of drug-likeness (QED) is 0.760. The highest BCUT2D eigenvalue weighted by molar-refractivity contribution is 5.90. The number of cyclic esters (lactones) is 1. The molecule has 0 aliphatic carbocycles. The number of nitrogens with one attached hydrogen (secondary N) is 1. The van der Waals surface area contributed by atoms with E-state index < -0.39 is 23.8 Å². The summed E-state index contributed by atoms with van der Waals surface area (Å²) in [5.41, 5.74) is -0.0430. The van der Waals surface area contributed by atoms with Gasteiger partial charge in [-0.2, -0.15) is 4.80 Å². The summed E-state index contributed by atoms with van der Waals surface area (Å²) in [7, 11) is 0. The number of amides is 2. The molecule has 1 aromatic carbocycles. The van der Waals surface area contributed by atoms with Gasteiger partial charge < -0.3 is 15.0 Å². The van der Waals surface area contributed by atoms with Crippen molar-refractivity contribution in [3.63, 3.8) is 0 Å². The van der Waals surface area contributed by atoms with Crippen LogP contribution >= 0.6 is 0 Å². The molecule has 4 rings (SSSR count). The number of aromatic nitrogens is 4. The average Bonchev–Trinajstić information content (AvgIpc) is 3.32. The Morgan fingerprint density at radius 3 is 2.52 bits per heavy atom. The molecule has 0 saturated carbocycles. The minimum atomic E-state index is -0.749. The molecule has 31 heavy (non-hydrogen) atoms. The first-order chi connectivity index (χ1) is 14.8. The van der Waals surface area contributed by atoms with Crippen molar-refractivity contribution in [2.45, 2.75) is 38.8 Å². The third-order valence-corrected chi connectivity index (χ3v) is 5.40. The number of benzene rings is 1. The molecule has 2 saturated heterocycles. The molecule has 2 amide bonds. The van der Waals surface area contributed by atoms with Gasteiger partial charge in [0.25, 0.3) is 0 Å². The molecule has 1 unspecified atom stereocenters. The van der Waals surface area contributed by atoms with E-state index in [1.54, 1.807) is 16.6 Å². The molecule has 1 N–H and O–H groups in total. The summed E-state index contributed by atoms with van der Waals surface area (Å²) >= 11 is 0. The number of ether oxygens (including phenoxy) is 1. The molecule has 1 atom stereocenters. The van der Waals surface area contributed by atoms with Crippen molar-refractivity contribution >= 4 is 23.4 Å². The van der Waals surface area contributed by atoms with Crippen LogP contribution in [0.2, 0.25) is 0 Å². The summed E-state index contributed by atoms with van der Waals surface area (Å²) < 4.78 is 34.9. The van der Waals surface area contributed by atoms with Crippen molar-refractivity contribution in [3.8, 4) is 0 Å². The van der Waals surface area contributed by atoms with Crippen LogP contribution in [0, 0.1) is 18.6 Å². The zero-order valence-corrected chi connectivity index (χ0v) is 17.2. The normalized spacial score (nSPS) is 19.6. The molecule has 0 bridgehead atoms. The lowest BCUT2D eigenvalue weighted by Crippen LogP contribution is -2.36. The lowest BCUT2D eigenvalue weighted by Gasteiger charge is -2.33. The van der Waals surface area contributed by atoms with Crippen LogP contribution in [0.1, 0.15) is 31.6 Å². The van der Waals surface area contributed by atoms with Crippen molar-refractivity contribution in [1.82, 2.24) is 25.5 Å². The van der Waals surface area contributed by atoms with Gasteiger partial charge in [-0.15, -0.1) is 10.2 Å². The number of nitrogens with zero attached hydrogens (tertiary/aromatic N) is 6. The Morgan fingerprint density at radius 1 is 1.26 bits per heavy atom. The Labute approximate surface area is 177 Å². The molecule has 2 aliphatic heterocycles. The zero-order chi connectivity index (χ0) is 22.1. The van der Waals surface area contributed by atoms with Crippen molar-refractivity contribution in [2.75, 3.05) is 36.0 Å². The number of rotatable bonds is 5. The topological polar surface area (TPSA) is 105 Å². The van der Waals surface area contributed by atoms with Crippen LogP contribution in [-0.4, -0.2) is 64.5 Å². The molecule has 0 radical (unpaired) electrons. The van der Waals surface area contributed by atoms with E-state index in [0.717, 1.165) is 17.0 Å². The molecule has 3 heterocycles. The number of hydrogen-bond donors (Lipinski definition) is 1. The third kappa shape index (κ3) is 4.42. The van der Waals surface area contributed by atoms with Gasteiger partial charge in [0.2, 0.25) is 5.91 Å². The molecule has 0 spiro atoms. The molecule has 10 nitrogen and oxygen atoms in total. The van der Waals surface area contributed by atoms with Crippen LogP contribution < -0.4 is 15.1 Å². The van der Waals surface area contributed by atoms with Gasteiger partial charge in [0.1, 0.15) is 11.8 Å². The fourth-order valence-corrected chi connectivity index (χ4v) is 3.88. The van der Waals surface area contributed by atoms with Crippen molar-refractivity contribution in [2.24, 2.45) is 0 Å². The summed E-state index contributed by atoms with van der Waals surface area (Å²) in [6.07, 6.45) is -0.0482. The van der Waals surface area contributed by atoms with Crippen molar-refractivity contribution in [1.29, 1.82) is 0 Å². The van der Waals surface area contributed by atoms with Crippen LogP contribution in [-0.2, 0) is 9.53 Å². The smallest absolute Gasteiger partial charge is 0.414 e. The number of anilines is 2. The van der Waals surface area contributed by atoms with E-state index in [4.69, 9.17) is 4.74 Å². The minimum absolute atomic E-state index is 0.0303. The van der Waals surface area contributed by atoms with E-state index in [2.05, 4.69) is 20.7 Å². The van der Waals surface area contributed by atoms with E-state index in [1.807, 2.05) is 0 Å². The summed E-state index contributed by atoms with van der Waals surface area (Å²) in [5, 5.41) is 14.6. The predicted octanol–water partition coefficient (Wildman–Crippen LogP) is 1.56. The van der Waals surface area contributed by atoms with Gasteiger partial charge in [-0.3, -0.25) is 9.69 Å². The highest BCUT2D eigenvalue weighted by Crippen LogP contribution is 2.33. The van der Waals surface area contributed by atoms with Gasteiger partial charge in [-0.25, -0.2) is 13.6 Å². The number of carbonyl (C=O) groups excluding carboxylic acids is 2. The number of piperidine rings is 1. The van der Waals surface area contributed by atoms with Crippen LogP contribution in [0.5, 0.6) is 0 Å². The van der Waals surface area contributed by atoms with Gasteiger partial charge in [-0.05, 0) is 25.0 Å². The third-order valence-electron chi connectivity index (χ3n) is 5.40. The number of hydrogen-bond acceptors (Lipinski definition) is 7. The maximum Gasteiger partial charge on any atom is 0.414 e. The maximum atomic E-state index is 14.9. The van der Waals surface area contributed by atoms with Gasteiger partial charge in [-0.1, -0.05) is 0 Å². The lowest BCUT2D eigenvalue weighted by molar-refractivity contribution is -0.119. The van der Waals surface area contributed by atoms with Gasteiger partial charge >= 0.3 is 6.09 Å². The summed E-state index contributed by atoms with van der Waals surface area (Å²) in [6.45, 7) is 4.20. The molecule has 2 aliphatic rings. The van der Waals surface area contributed by atoms with Gasteiger partial charge in [0, 0.05) is 32.1 Å². The molecule has 166 valence electrons. The first-order valence-electron chi connectivity index (χ1n) is 10.0. The van der Waals surface area contributed by atoms with Gasteiger partial charge in [0.15, 0.2) is 17.5 Å². The number of halogens is 2. The molecular weight excluding hydrogens is 412 g/mol. The fraction of sp³-hybridized carbons (Fsp3) is 0.526. The Morgan fingerprint density at radius 2 is 1.94 bits per heavy atom. The SMILES string of the molecule is CC(=O)NCC1CN(c2cc(F)c(N3CCC(n4nnc(C)n4)CC3)c(F)c2)C(=O)O1. The van der Waals surface area contributed by atoms with Crippen LogP contribution in [0.25, 0.3) is 0 Å². The second kappa shape index (κ2) is 8.44. The molecule has 1 aromatic heterocycles. The summed E-state index contributed by atoms with van der Waals surface area (Å²) in [6, 6.07) is 2.30. The maximum absolute atomic E-state index is 14.9. The van der Waals surface area contributed by atoms with Crippen LogP contribution in [0.3, 0.4) is 0 Å². The second-order valence-corrected chi connectivity index (χ2v) is 7.69. The highest BCUT2D eigenvalue weighted by Gasteiger charge is 2.34. The Balaban J connectivity index is 1.44. The zero-order valence-electron chi connectivity index (χ0n) is 17.2. The monoisotopic (exact) mass is 435 g/mol. The molecule has 2 fully saturated rings. The number of carbonyl (C=O) groups is 2. The first kappa shape index (κ1) is 20.9. The van der Waals surface area contributed by atoms with Crippen LogP contribution in [0.4, 0.5) is 25.0 Å². The van der Waals surface area contributed by atoms with E-state index in [9.17, 15) is 18.4 Å². The van der Waals surface area contributed by atoms with E-state index in [1.165, 1.54) is 6.92 Å². The highest BCUT2D eigenvalue weighted by atomic mass is 19.1. The van der Waals surface area contributed by atoms with Crippen molar-refractivity contribution in [3.05, 3.63) is 29.6 Å². The Kier molecular flexibility index (Phi) is 5.70. The van der Waals surface area contributed by atoms with Gasteiger partial charge in [0.05, 0.1) is 24.8 Å². The van der Waals surface area contributed by atoms with Crippen molar-refractivity contribution < 1.29 is 23.1 Å². The average molecular weight is 435 g/mol. The fourth-order valence-electron chi connectivity index (χ4n) is 3.88. The van der Waals surface area contributed by atoms with Crippen LogP contribution in [0.15, 0.2) is 12.1 Å². The van der Waals surface area contributed by atoms with E-state index in [-0.39, 0.29) is 36.4 Å². The second-order valence-electron chi connectivity index (χ2n) is 7.69. The summed E-state index contributed by atoms with van der Waals surface area (Å²) in [5.74, 6) is -1.17. The molecule has 12 heteroatoms. The molecular formula is C19H23F2N7O3. The summed E-state index contributed by atoms with van der Waals surface area (Å²) in [4.78, 5) is 27.5. The number of tetrazole rings is 1. The minimum Gasteiger partial charge on any atom is -0.442 e. The predicted molar refractivity (Wildman–Crippen MR) is 106 cm³/mol. The largest absolute Gasteiger partial charge is 0.442 e.